The molecule has 3 amide bonds. The Morgan fingerprint density at radius 2 is 2.06 bits per heavy atom. The Morgan fingerprint density at radius 3 is 2.61 bits per heavy atom. The number of rotatable bonds is 4. The molecule has 0 aromatic heterocycles. The molecule has 1 heterocycles. The number of hydrogen-bond acceptors (Lipinski definition) is 4. The minimum Gasteiger partial charge on any atom is -0.341 e. The molecule has 6 heteroatoms. The maximum atomic E-state index is 11.8. The highest BCUT2D eigenvalue weighted by atomic mass is 16.2. The first-order chi connectivity index (χ1) is 8.45. The van der Waals surface area contributed by atoms with Gasteiger partial charge in [0.05, 0.1) is 6.04 Å². The van der Waals surface area contributed by atoms with Crippen LogP contribution in [0.4, 0.5) is 4.79 Å². The van der Waals surface area contributed by atoms with Crippen molar-refractivity contribution in [1.29, 1.82) is 0 Å². The maximum absolute atomic E-state index is 11.8. The monoisotopic (exact) mass is 255 g/mol. The molecule has 0 radical (unpaired) electrons. The molecule has 1 aliphatic heterocycles. The van der Waals surface area contributed by atoms with Gasteiger partial charge < -0.3 is 5.32 Å². The summed E-state index contributed by atoms with van der Waals surface area (Å²) in [5, 5.41) is 4.61. The summed E-state index contributed by atoms with van der Waals surface area (Å²) in [6, 6.07) is -0.781. The number of nitrogens with one attached hydrogen (secondary N) is 2. The molecule has 2 atom stereocenters. The normalized spacial score (nSPS) is 21.4. The number of hydrogen-bond donors (Lipinski definition) is 2. The van der Waals surface area contributed by atoms with Gasteiger partial charge in [-0.15, -0.1) is 0 Å². The number of carbonyl (C=O) groups excluding carboxylic acids is 3. The van der Waals surface area contributed by atoms with E-state index in [4.69, 9.17) is 0 Å². The predicted molar refractivity (Wildman–Crippen MR) is 67.1 cm³/mol. The summed E-state index contributed by atoms with van der Waals surface area (Å²) in [7, 11) is 1.46. The van der Waals surface area contributed by atoms with Gasteiger partial charge >= 0.3 is 6.03 Å². The highest BCUT2D eigenvalue weighted by Crippen LogP contribution is 2.22. The van der Waals surface area contributed by atoms with Crippen molar-refractivity contribution >= 4 is 17.7 Å². The molecule has 2 unspecified atom stereocenters. The number of imide groups is 1. The summed E-state index contributed by atoms with van der Waals surface area (Å²) in [5.74, 6) is -0.199. The molecule has 1 rings (SSSR count). The third-order valence-electron chi connectivity index (χ3n) is 3.29. The van der Waals surface area contributed by atoms with Gasteiger partial charge in [-0.05, 0) is 33.2 Å². The average molecular weight is 255 g/mol. The van der Waals surface area contributed by atoms with Crippen LogP contribution in [0.15, 0.2) is 0 Å². The van der Waals surface area contributed by atoms with Gasteiger partial charge in [0.2, 0.25) is 5.91 Å². The summed E-state index contributed by atoms with van der Waals surface area (Å²) >= 11 is 0. The number of likely N-dealkylation sites (tertiary alicyclic amines) is 1. The molecule has 0 aliphatic carbocycles. The second-order valence-electron chi connectivity index (χ2n) is 4.68. The van der Waals surface area contributed by atoms with Crippen LogP contribution in [-0.4, -0.2) is 48.3 Å². The molecular weight excluding hydrogens is 234 g/mol. The first kappa shape index (κ1) is 14.6. The van der Waals surface area contributed by atoms with Gasteiger partial charge in [-0.2, -0.15) is 0 Å². The van der Waals surface area contributed by atoms with Crippen LogP contribution in [0.2, 0.25) is 0 Å². The highest BCUT2D eigenvalue weighted by molar-refractivity contribution is 5.96. The lowest BCUT2D eigenvalue weighted by Crippen LogP contribution is -2.50. The number of amides is 3. The second-order valence-corrected chi connectivity index (χ2v) is 4.68. The lowest BCUT2D eigenvalue weighted by Gasteiger charge is -2.29. The van der Waals surface area contributed by atoms with Crippen molar-refractivity contribution in [3.05, 3.63) is 0 Å². The molecule has 2 N–H and O–H groups in total. The second kappa shape index (κ2) is 6.49. The number of Topliss-reactive ketones (excluding diaryl/α,β-unsaturated/α-hetero) is 1. The number of carbonyl (C=O) groups is 3. The van der Waals surface area contributed by atoms with E-state index in [9.17, 15) is 14.4 Å². The van der Waals surface area contributed by atoms with Gasteiger partial charge in [-0.3, -0.25) is 19.8 Å². The van der Waals surface area contributed by atoms with E-state index in [1.54, 1.807) is 13.8 Å². The molecule has 0 spiro atoms. The van der Waals surface area contributed by atoms with Gasteiger partial charge in [-0.1, -0.05) is 0 Å². The van der Waals surface area contributed by atoms with E-state index in [2.05, 4.69) is 10.6 Å². The predicted octanol–water partition coefficient (Wildman–Crippen LogP) is 0.274. The fraction of sp³-hybridized carbons (Fsp3) is 0.750. The molecule has 18 heavy (non-hydrogen) atoms. The Bertz CT molecular complexity index is 343. The quantitative estimate of drug-likeness (QED) is 0.756. The van der Waals surface area contributed by atoms with Crippen molar-refractivity contribution in [2.24, 2.45) is 0 Å². The first-order valence-corrected chi connectivity index (χ1v) is 6.23. The fourth-order valence-electron chi connectivity index (χ4n) is 2.35. The smallest absolute Gasteiger partial charge is 0.321 e. The Morgan fingerprint density at radius 1 is 1.39 bits per heavy atom. The molecule has 1 saturated heterocycles. The molecule has 0 bridgehead atoms. The zero-order chi connectivity index (χ0) is 13.7. The lowest BCUT2D eigenvalue weighted by atomic mass is 10.1. The molecule has 0 aromatic rings. The van der Waals surface area contributed by atoms with Crippen LogP contribution in [0.25, 0.3) is 0 Å². The lowest BCUT2D eigenvalue weighted by molar-refractivity contribution is -0.126. The number of urea groups is 1. The SMILES string of the molecule is CNC(=O)NC(=O)C(C)N1CCCC1CC(C)=O. The van der Waals surface area contributed by atoms with Crippen LogP contribution >= 0.6 is 0 Å². The fourth-order valence-corrected chi connectivity index (χ4v) is 2.35. The van der Waals surface area contributed by atoms with Crippen molar-refractivity contribution in [1.82, 2.24) is 15.5 Å². The highest BCUT2D eigenvalue weighted by Gasteiger charge is 2.32. The van der Waals surface area contributed by atoms with Gasteiger partial charge in [0.25, 0.3) is 0 Å². The van der Waals surface area contributed by atoms with Gasteiger partial charge in [0.15, 0.2) is 0 Å². The van der Waals surface area contributed by atoms with E-state index >= 15 is 0 Å². The zero-order valence-corrected chi connectivity index (χ0v) is 11.2. The molecule has 102 valence electrons. The summed E-state index contributed by atoms with van der Waals surface area (Å²) < 4.78 is 0. The van der Waals surface area contributed by atoms with E-state index in [0.717, 1.165) is 19.4 Å². The van der Waals surface area contributed by atoms with Crippen molar-refractivity contribution in [3.8, 4) is 0 Å². The Balaban J connectivity index is 2.58. The molecule has 1 aliphatic rings. The molecule has 0 saturated carbocycles. The Hall–Kier alpha value is -1.43. The van der Waals surface area contributed by atoms with E-state index < -0.39 is 12.1 Å². The summed E-state index contributed by atoms with van der Waals surface area (Å²) in [5.41, 5.74) is 0. The van der Waals surface area contributed by atoms with Crippen molar-refractivity contribution in [2.45, 2.75) is 45.2 Å². The Labute approximate surface area is 107 Å². The third kappa shape index (κ3) is 3.80. The van der Waals surface area contributed by atoms with E-state index in [1.165, 1.54) is 7.05 Å². The van der Waals surface area contributed by atoms with E-state index in [1.807, 2.05) is 4.90 Å². The zero-order valence-electron chi connectivity index (χ0n) is 11.2. The minimum absolute atomic E-state index is 0.118. The Kier molecular flexibility index (Phi) is 5.27. The summed E-state index contributed by atoms with van der Waals surface area (Å²) in [6.45, 7) is 4.11. The van der Waals surface area contributed by atoms with Gasteiger partial charge in [0, 0.05) is 19.5 Å². The van der Waals surface area contributed by atoms with Gasteiger partial charge in [-0.25, -0.2) is 4.79 Å². The topological polar surface area (TPSA) is 78.5 Å². The van der Waals surface area contributed by atoms with Crippen molar-refractivity contribution < 1.29 is 14.4 Å². The van der Waals surface area contributed by atoms with Crippen LogP contribution in [0.3, 0.4) is 0 Å². The van der Waals surface area contributed by atoms with Crippen LogP contribution in [-0.2, 0) is 9.59 Å². The standard InChI is InChI=1S/C12H21N3O3/c1-8(16)7-10-5-4-6-15(10)9(2)11(17)14-12(18)13-3/h9-10H,4-7H2,1-3H3,(H2,13,14,17,18). The van der Waals surface area contributed by atoms with Crippen LogP contribution < -0.4 is 10.6 Å². The van der Waals surface area contributed by atoms with E-state index in [-0.39, 0.29) is 17.7 Å². The van der Waals surface area contributed by atoms with Crippen molar-refractivity contribution in [3.63, 3.8) is 0 Å². The molecule has 1 fully saturated rings. The van der Waals surface area contributed by atoms with Crippen LogP contribution in [0, 0.1) is 0 Å². The number of ketones is 1. The summed E-state index contributed by atoms with van der Waals surface area (Å²) in [4.78, 5) is 36.1. The van der Waals surface area contributed by atoms with Crippen LogP contribution in [0.5, 0.6) is 0 Å². The van der Waals surface area contributed by atoms with Crippen LogP contribution in [0.1, 0.15) is 33.1 Å². The largest absolute Gasteiger partial charge is 0.341 e. The van der Waals surface area contributed by atoms with E-state index in [0.29, 0.717) is 6.42 Å². The maximum Gasteiger partial charge on any atom is 0.321 e. The van der Waals surface area contributed by atoms with Crippen molar-refractivity contribution in [2.75, 3.05) is 13.6 Å². The molecular formula is C12H21N3O3. The molecule has 0 aromatic carbocycles. The number of nitrogens with zero attached hydrogens (tertiary/aromatic N) is 1. The third-order valence-corrected chi connectivity index (χ3v) is 3.29. The first-order valence-electron chi connectivity index (χ1n) is 6.23. The summed E-state index contributed by atoms with van der Waals surface area (Å²) in [6.07, 6.45) is 2.38. The average Bonchev–Trinajstić information content (AvgIpc) is 2.74. The molecule has 6 nitrogen and oxygen atoms in total. The van der Waals surface area contributed by atoms with Gasteiger partial charge in [0.1, 0.15) is 5.78 Å². The minimum atomic E-state index is -0.505.